The molecule has 1 aliphatic heterocycles. The highest BCUT2D eigenvalue weighted by atomic mass is 32.2. The number of hydrogen-bond donors (Lipinski definition) is 1. The van der Waals surface area contributed by atoms with Crippen LogP contribution in [0.1, 0.15) is 6.42 Å². The van der Waals surface area contributed by atoms with Crippen LogP contribution in [-0.4, -0.2) is 56.5 Å². The van der Waals surface area contributed by atoms with Gasteiger partial charge in [-0.1, -0.05) is 0 Å². The molecule has 1 rings (SSSR count). The molecule has 0 amide bonds. The lowest BCUT2D eigenvalue weighted by Crippen LogP contribution is -2.42. The summed E-state index contributed by atoms with van der Waals surface area (Å²) in [5.74, 6) is 0.188. The SMILES string of the molecule is COCC(CO)N1CCCS1(=O)=O. The van der Waals surface area contributed by atoms with Gasteiger partial charge >= 0.3 is 0 Å². The molecule has 1 aliphatic rings. The third-order valence-electron chi connectivity index (χ3n) is 2.12. The summed E-state index contributed by atoms with van der Waals surface area (Å²) in [6, 6.07) is -0.419. The zero-order valence-electron chi connectivity index (χ0n) is 7.64. The Morgan fingerprint density at radius 2 is 2.31 bits per heavy atom. The predicted molar refractivity (Wildman–Crippen MR) is 47.9 cm³/mol. The highest BCUT2D eigenvalue weighted by Gasteiger charge is 2.33. The van der Waals surface area contributed by atoms with Crippen molar-refractivity contribution in [3.05, 3.63) is 0 Å². The Morgan fingerprint density at radius 3 is 2.69 bits per heavy atom. The van der Waals surface area contributed by atoms with Crippen molar-refractivity contribution in [3.63, 3.8) is 0 Å². The van der Waals surface area contributed by atoms with E-state index in [1.165, 1.54) is 11.4 Å². The van der Waals surface area contributed by atoms with Crippen molar-refractivity contribution in [2.24, 2.45) is 0 Å². The predicted octanol–water partition coefficient (Wildman–Crippen LogP) is -0.971. The van der Waals surface area contributed by atoms with Crippen LogP contribution < -0.4 is 0 Å². The lowest BCUT2D eigenvalue weighted by Gasteiger charge is -2.23. The molecule has 78 valence electrons. The molecular formula is C7H15NO4S. The zero-order valence-corrected chi connectivity index (χ0v) is 8.46. The fourth-order valence-corrected chi connectivity index (χ4v) is 3.21. The van der Waals surface area contributed by atoms with Gasteiger partial charge in [-0.25, -0.2) is 8.42 Å². The largest absolute Gasteiger partial charge is 0.395 e. The maximum atomic E-state index is 11.4. The highest BCUT2D eigenvalue weighted by molar-refractivity contribution is 7.89. The number of methoxy groups -OCH3 is 1. The molecule has 0 aromatic rings. The molecule has 0 aliphatic carbocycles. The van der Waals surface area contributed by atoms with Gasteiger partial charge in [-0.15, -0.1) is 0 Å². The zero-order chi connectivity index (χ0) is 9.90. The first-order valence-electron chi connectivity index (χ1n) is 4.21. The van der Waals surface area contributed by atoms with Gasteiger partial charge in [-0.3, -0.25) is 0 Å². The van der Waals surface area contributed by atoms with Crippen molar-refractivity contribution in [3.8, 4) is 0 Å². The summed E-state index contributed by atoms with van der Waals surface area (Å²) >= 11 is 0. The van der Waals surface area contributed by atoms with Crippen LogP contribution in [0.15, 0.2) is 0 Å². The number of rotatable bonds is 4. The summed E-state index contributed by atoms with van der Waals surface area (Å²) < 4.78 is 29.0. The summed E-state index contributed by atoms with van der Waals surface area (Å²) in [7, 11) is -1.64. The quantitative estimate of drug-likeness (QED) is 0.647. The van der Waals surface area contributed by atoms with E-state index in [0.717, 1.165) is 0 Å². The van der Waals surface area contributed by atoms with Crippen LogP contribution in [0.5, 0.6) is 0 Å². The summed E-state index contributed by atoms with van der Waals surface area (Å²) in [5, 5.41) is 8.96. The molecule has 1 saturated heterocycles. The average molecular weight is 209 g/mol. The van der Waals surface area contributed by atoms with Gasteiger partial charge in [-0.2, -0.15) is 4.31 Å². The fourth-order valence-electron chi connectivity index (χ4n) is 1.49. The van der Waals surface area contributed by atoms with Crippen LogP contribution in [0.25, 0.3) is 0 Å². The molecule has 1 heterocycles. The van der Waals surface area contributed by atoms with E-state index in [9.17, 15) is 8.42 Å². The van der Waals surface area contributed by atoms with Gasteiger partial charge < -0.3 is 9.84 Å². The third-order valence-corrected chi connectivity index (χ3v) is 4.12. The monoisotopic (exact) mass is 209 g/mol. The van der Waals surface area contributed by atoms with E-state index >= 15 is 0 Å². The Labute approximate surface area is 78.4 Å². The maximum absolute atomic E-state index is 11.4. The maximum Gasteiger partial charge on any atom is 0.214 e. The molecular weight excluding hydrogens is 194 g/mol. The minimum Gasteiger partial charge on any atom is -0.395 e. The van der Waals surface area contributed by atoms with Crippen molar-refractivity contribution in [2.45, 2.75) is 12.5 Å². The summed E-state index contributed by atoms with van der Waals surface area (Å²) in [6.07, 6.45) is 0.641. The van der Waals surface area contributed by atoms with Gasteiger partial charge in [0.25, 0.3) is 0 Å². The lowest BCUT2D eigenvalue weighted by molar-refractivity contribution is 0.0955. The van der Waals surface area contributed by atoms with Gasteiger partial charge in [0, 0.05) is 13.7 Å². The van der Waals surface area contributed by atoms with Gasteiger partial charge in [0.2, 0.25) is 10.0 Å². The normalized spacial score (nSPS) is 24.8. The molecule has 13 heavy (non-hydrogen) atoms. The molecule has 0 aromatic heterocycles. The standard InChI is InChI=1S/C7H15NO4S/c1-12-6-7(5-9)8-3-2-4-13(8,10)11/h7,9H,2-6H2,1H3. The Kier molecular flexibility index (Phi) is 3.66. The average Bonchev–Trinajstić information content (AvgIpc) is 2.41. The molecule has 0 saturated carbocycles. The second kappa shape index (κ2) is 4.36. The van der Waals surface area contributed by atoms with Crippen LogP contribution >= 0.6 is 0 Å². The van der Waals surface area contributed by atoms with Crippen LogP contribution in [-0.2, 0) is 14.8 Å². The second-order valence-electron chi connectivity index (χ2n) is 3.07. The molecule has 1 atom stereocenters. The first-order valence-corrected chi connectivity index (χ1v) is 5.82. The highest BCUT2D eigenvalue weighted by Crippen LogP contribution is 2.16. The minimum absolute atomic E-state index is 0.187. The summed E-state index contributed by atoms with van der Waals surface area (Å²) in [6.45, 7) is 0.555. The molecule has 0 aromatic carbocycles. The first-order chi connectivity index (χ1) is 6.11. The molecule has 0 spiro atoms. The van der Waals surface area contributed by atoms with E-state index in [4.69, 9.17) is 9.84 Å². The molecule has 1 unspecified atom stereocenters. The number of nitrogens with zero attached hydrogens (tertiary/aromatic N) is 1. The molecule has 1 fully saturated rings. The molecule has 1 N–H and O–H groups in total. The molecule has 5 nitrogen and oxygen atoms in total. The fraction of sp³-hybridized carbons (Fsp3) is 1.00. The van der Waals surface area contributed by atoms with E-state index in [0.29, 0.717) is 13.0 Å². The van der Waals surface area contributed by atoms with Crippen molar-refractivity contribution < 1.29 is 18.3 Å². The van der Waals surface area contributed by atoms with Gasteiger partial charge in [0.1, 0.15) is 0 Å². The molecule has 0 radical (unpaired) electrons. The Balaban J connectivity index is 2.68. The van der Waals surface area contributed by atoms with Gasteiger partial charge in [0.05, 0.1) is 25.0 Å². The molecule has 0 bridgehead atoms. The van der Waals surface area contributed by atoms with Gasteiger partial charge in [-0.05, 0) is 6.42 Å². The van der Waals surface area contributed by atoms with Crippen LogP contribution in [0.3, 0.4) is 0 Å². The van der Waals surface area contributed by atoms with E-state index in [2.05, 4.69) is 0 Å². The number of aliphatic hydroxyl groups is 1. The van der Waals surface area contributed by atoms with E-state index < -0.39 is 16.1 Å². The number of ether oxygens (including phenoxy) is 1. The van der Waals surface area contributed by atoms with Crippen molar-refractivity contribution in [1.29, 1.82) is 0 Å². The number of aliphatic hydroxyl groups excluding tert-OH is 1. The first kappa shape index (κ1) is 10.9. The topological polar surface area (TPSA) is 66.8 Å². The Hall–Kier alpha value is -0.170. The smallest absolute Gasteiger partial charge is 0.214 e. The minimum atomic E-state index is -3.13. The van der Waals surface area contributed by atoms with Crippen molar-refractivity contribution >= 4 is 10.0 Å². The Bertz CT molecular complexity index is 251. The van der Waals surface area contributed by atoms with Crippen molar-refractivity contribution in [1.82, 2.24) is 4.31 Å². The second-order valence-corrected chi connectivity index (χ2v) is 5.11. The summed E-state index contributed by atoms with van der Waals surface area (Å²) in [4.78, 5) is 0. The third kappa shape index (κ3) is 2.40. The van der Waals surface area contributed by atoms with Crippen LogP contribution in [0.4, 0.5) is 0 Å². The summed E-state index contributed by atoms with van der Waals surface area (Å²) in [5.41, 5.74) is 0. The van der Waals surface area contributed by atoms with Gasteiger partial charge in [0.15, 0.2) is 0 Å². The number of hydrogen-bond acceptors (Lipinski definition) is 4. The van der Waals surface area contributed by atoms with Crippen LogP contribution in [0.2, 0.25) is 0 Å². The number of sulfonamides is 1. The van der Waals surface area contributed by atoms with E-state index in [1.807, 2.05) is 0 Å². The molecule has 6 heteroatoms. The van der Waals surface area contributed by atoms with Crippen LogP contribution in [0, 0.1) is 0 Å². The Morgan fingerprint density at radius 1 is 1.62 bits per heavy atom. The van der Waals surface area contributed by atoms with Crippen molar-refractivity contribution in [2.75, 3.05) is 32.6 Å². The lowest BCUT2D eigenvalue weighted by atomic mass is 10.3. The van der Waals surface area contributed by atoms with E-state index in [1.54, 1.807) is 0 Å². The van der Waals surface area contributed by atoms with E-state index in [-0.39, 0.29) is 19.0 Å².